The maximum absolute atomic E-state index is 11.8. The summed E-state index contributed by atoms with van der Waals surface area (Å²) in [5.41, 5.74) is 1.52. The van der Waals surface area contributed by atoms with E-state index in [-0.39, 0.29) is 5.91 Å². The topological polar surface area (TPSA) is 29.1 Å². The Hall–Kier alpha value is -1.02. The number of carbonyl (C=O) groups is 1. The van der Waals surface area contributed by atoms with Crippen LogP contribution < -0.4 is 5.32 Å². The van der Waals surface area contributed by atoms with Crippen LogP contribution in [-0.2, 0) is 0 Å². The van der Waals surface area contributed by atoms with Gasteiger partial charge >= 0.3 is 0 Å². The second-order valence-corrected chi connectivity index (χ2v) is 4.47. The molecule has 0 aliphatic heterocycles. The minimum atomic E-state index is -0.0596. The first-order chi connectivity index (χ1) is 7.18. The van der Waals surface area contributed by atoms with E-state index in [0.717, 1.165) is 12.1 Å². The highest BCUT2D eigenvalue weighted by Crippen LogP contribution is 2.28. The van der Waals surface area contributed by atoms with Crippen molar-refractivity contribution in [3.05, 3.63) is 34.3 Å². The van der Waals surface area contributed by atoms with Crippen molar-refractivity contribution in [3.63, 3.8) is 0 Å². The predicted octanol–water partition coefficient (Wildman–Crippen LogP) is 2.79. The lowest BCUT2D eigenvalue weighted by atomic mass is 10.1. The Labute approximate surface area is 94.6 Å². The normalized spacial score (nSPS) is 15.1. The van der Waals surface area contributed by atoms with Crippen LogP contribution in [0, 0.1) is 12.8 Å². The number of aryl methyl sites for hydroxylation is 1. The maximum Gasteiger partial charge on any atom is 0.252 e. The molecule has 1 aliphatic rings. The molecule has 0 saturated heterocycles. The van der Waals surface area contributed by atoms with Crippen molar-refractivity contribution in [1.29, 1.82) is 0 Å². The molecule has 3 heteroatoms. The lowest BCUT2D eigenvalue weighted by Gasteiger charge is -2.07. The summed E-state index contributed by atoms with van der Waals surface area (Å²) in [4.78, 5) is 11.8. The molecule has 80 valence electrons. The Bertz CT molecular complexity index is 385. The predicted molar refractivity (Wildman–Crippen MR) is 61.2 cm³/mol. The first kappa shape index (κ1) is 10.5. The van der Waals surface area contributed by atoms with Crippen LogP contribution in [0.15, 0.2) is 18.2 Å². The number of amides is 1. The van der Waals surface area contributed by atoms with E-state index >= 15 is 0 Å². The van der Waals surface area contributed by atoms with Crippen molar-refractivity contribution in [2.24, 2.45) is 5.92 Å². The van der Waals surface area contributed by atoms with E-state index in [1.807, 2.05) is 19.1 Å². The molecule has 2 rings (SSSR count). The fraction of sp³-hybridized carbons (Fsp3) is 0.417. The van der Waals surface area contributed by atoms with Gasteiger partial charge in [-0.05, 0) is 37.3 Å². The highest BCUT2D eigenvalue weighted by atomic mass is 35.5. The Morgan fingerprint density at radius 2 is 2.27 bits per heavy atom. The molecule has 0 atom stereocenters. The highest BCUT2D eigenvalue weighted by Gasteiger charge is 2.22. The summed E-state index contributed by atoms with van der Waals surface area (Å²) in [6, 6.07) is 5.52. The number of benzene rings is 1. The first-order valence-electron chi connectivity index (χ1n) is 5.22. The fourth-order valence-corrected chi connectivity index (χ4v) is 1.69. The van der Waals surface area contributed by atoms with Crippen LogP contribution in [0.3, 0.4) is 0 Å². The van der Waals surface area contributed by atoms with E-state index in [0.29, 0.717) is 16.5 Å². The Morgan fingerprint density at radius 1 is 1.53 bits per heavy atom. The summed E-state index contributed by atoms with van der Waals surface area (Å²) in [6.07, 6.45) is 2.48. The number of halogens is 1. The van der Waals surface area contributed by atoms with Crippen molar-refractivity contribution in [2.45, 2.75) is 19.8 Å². The first-order valence-corrected chi connectivity index (χ1v) is 5.59. The molecule has 0 unspecified atom stereocenters. The molecule has 1 amide bonds. The van der Waals surface area contributed by atoms with E-state index in [1.165, 1.54) is 12.8 Å². The van der Waals surface area contributed by atoms with Gasteiger partial charge in [0.05, 0.1) is 10.6 Å². The molecule has 0 heterocycles. The van der Waals surface area contributed by atoms with Gasteiger partial charge in [-0.15, -0.1) is 0 Å². The number of rotatable bonds is 3. The maximum atomic E-state index is 11.8. The summed E-state index contributed by atoms with van der Waals surface area (Å²) in [7, 11) is 0. The average molecular weight is 224 g/mol. The molecule has 1 aromatic rings. The molecule has 0 bridgehead atoms. The van der Waals surface area contributed by atoms with Crippen molar-refractivity contribution < 1.29 is 4.79 Å². The molecule has 1 aliphatic carbocycles. The Kier molecular flexibility index (Phi) is 2.96. The third kappa shape index (κ3) is 2.51. The second-order valence-electron chi connectivity index (χ2n) is 4.09. The van der Waals surface area contributed by atoms with Crippen molar-refractivity contribution >= 4 is 17.5 Å². The Balaban J connectivity index is 2.06. The highest BCUT2D eigenvalue weighted by molar-refractivity contribution is 6.34. The van der Waals surface area contributed by atoms with E-state index < -0.39 is 0 Å². The fourth-order valence-electron chi connectivity index (χ4n) is 1.48. The zero-order valence-electron chi connectivity index (χ0n) is 8.72. The van der Waals surface area contributed by atoms with Gasteiger partial charge in [0, 0.05) is 6.54 Å². The van der Waals surface area contributed by atoms with Gasteiger partial charge in [0.1, 0.15) is 0 Å². The number of nitrogens with one attached hydrogen (secondary N) is 1. The summed E-state index contributed by atoms with van der Waals surface area (Å²) >= 11 is 6.06. The van der Waals surface area contributed by atoms with E-state index in [9.17, 15) is 4.79 Å². The summed E-state index contributed by atoms with van der Waals surface area (Å²) < 4.78 is 0. The number of hydrogen-bond acceptors (Lipinski definition) is 1. The molecule has 15 heavy (non-hydrogen) atoms. The summed E-state index contributed by atoms with van der Waals surface area (Å²) in [6.45, 7) is 2.68. The SMILES string of the molecule is Cc1cccc(C(=O)NCC2CC2)c1Cl. The lowest BCUT2D eigenvalue weighted by molar-refractivity contribution is 0.0952. The van der Waals surface area contributed by atoms with Crippen LogP contribution in [0.5, 0.6) is 0 Å². The van der Waals surface area contributed by atoms with Gasteiger partial charge in [-0.3, -0.25) is 4.79 Å². The molecule has 0 spiro atoms. The monoisotopic (exact) mass is 223 g/mol. The second kappa shape index (κ2) is 4.23. The zero-order valence-corrected chi connectivity index (χ0v) is 9.47. The molecule has 2 nitrogen and oxygen atoms in total. The van der Waals surface area contributed by atoms with Crippen LogP contribution in [0.4, 0.5) is 0 Å². The zero-order chi connectivity index (χ0) is 10.8. The smallest absolute Gasteiger partial charge is 0.252 e. The van der Waals surface area contributed by atoms with Gasteiger partial charge in [-0.2, -0.15) is 0 Å². The number of carbonyl (C=O) groups excluding carboxylic acids is 1. The lowest BCUT2D eigenvalue weighted by Crippen LogP contribution is -2.25. The van der Waals surface area contributed by atoms with Crippen molar-refractivity contribution in [3.8, 4) is 0 Å². The van der Waals surface area contributed by atoms with E-state index in [4.69, 9.17) is 11.6 Å². The molecule has 1 saturated carbocycles. The quantitative estimate of drug-likeness (QED) is 0.839. The minimum absolute atomic E-state index is 0.0596. The van der Waals surface area contributed by atoms with Gasteiger partial charge in [0.2, 0.25) is 0 Å². The van der Waals surface area contributed by atoms with Gasteiger partial charge in [-0.25, -0.2) is 0 Å². The van der Waals surface area contributed by atoms with Gasteiger partial charge in [0.15, 0.2) is 0 Å². The Morgan fingerprint density at radius 3 is 2.93 bits per heavy atom. The largest absolute Gasteiger partial charge is 0.352 e. The molecule has 1 aromatic carbocycles. The summed E-state index contributed by atoms with van der Waals surface area (Å²) in [5.74, 6) is 0.633. The summed E-state index contributed by atoms with van der Waals surface area (Å²) in [5, 5.41) is 3.47. The molecule has 0 aromatic heterocycles. The van der Waals surface area contributed by atoms with Crippen LogP contribution in [0.25, 0.3) is 0 Å². The van der Waals surface area contributed by atoms with Gasteiger partial charge in [0.25, 0.3) is 5.91 Å². The van der Waals surface area contributed by atoms with Crippen molar-refractivity contribution in [1.82, 2.24) is 5.32 Å². The average Bonchev–Trinajstić information content (AvgIpc) is 3.02. The van der Waals surface area contributed by atoms with E-state index in [2.05, 4.69) is 5.32 Å². The van der Waals surface area contributed by atoms with Crippen LogP contribution >= 0.6 is 11.6 Å². The van der Waals surface area contributed by atoms with E-state index in [1.54, 1.807) is 6.07 Å². The minimum Gasteiger partial charge on any atom is -0.352 e. The molecular weight excluding hydrogens is 210 g/mol. The van der Waals surface area contributed by atoms with Crippen LogP contribution in [0.1, 0.15) is 28.8 Å². The van der Waals surface area contributed by atoms with Gasteiger partial charge < -0.3 is 5.32 Å². The molecule has 1 fully saturated rings. The van der Waals surface area contributed by atoms with Crippen LogP contribution in [0.2, 0.25) is 5.02 Å². The third-order valence-corrected chi connectivity index (χ3v) is 3.19. The molecule has 0 radical (unpaired) electrons. The standard InChI is InChI=1S/C12H14ClNO/c1-8-3-2-4-10(11(8)13)12(15)14-7-9-5-6-9/h2-4,9H,5-7H2,1H3,(H,14,15). The molecular formula is C12H14ClNO. The number of hydrogen-bond donors (Lipinski definition) is 1. The molecule has 1 N–H and O–H groups in total. The van der Waals surface area contributed by atoms with Crippen molar-refractivity contribution in [2.75, 3.05) is 6.54 Å². The third-order valence-electron chi connectivity index (χ3n) is 2.68. The van der Waals surface area contributed by atoms with Crippen LogP contribution in [-0.4, -0.2) is 12.5 Å². The van der Waals surface area contributed by atoms with Gasteiger partial charge in [-0.1, -0.05) is 23.7 Å².